The SMILES string of the molecule is CCNc1ncc([N+](=O)[O-])c(Oc2ccc(CO)cc2)n1. The fourth-order valence-corrected chi connectivity index (χ4v) is 1.58. The molecule has 0 aliphatic heterocycles. The lowest BCUT2D eigenvalue weighted by Crippen LogP contribution is -2.05. The molecule has 8 heteroatoms. The lowest BCUT2D eigenvalue weighted by molar-refractivity contribution is -0.386. The van der Waals surface area contributed by atoms with Crippen molar-refractivity contribution in [3.05, 3.63) is 46.1 Å². The fourth-order valence-electron chi connectivity index (χ4n) is 1.58. The highest BCUT2D eigenvalue weighted by Gasteiger charge is 2.19. The molecule has 0 saturated carbocycles. The lowest BCUT2D eigenvalue weighted by Gasteiger charge is -2.07. The molecule has 0 atom stereocenters. The summed E-state index contributed by atoms with van der Waals surface area (Å²) in [6.07, 6.45) is 1.10. The standard InChI is InChI=1S/C13H14N4O4/c1-2-14-13-15-7-11(17(19)20)12(16-13)21-10-5-3-9(8-18)4-6-10/h3-7,18H,2,8H2,1H3,(H,14,15,16). The van der Waals surface area contributed by atoms with E-state index in [-0.39, 0.29) is 24.1 Å². The van der Waals surface area contributed by atoms with Gasteiger partial charge in [0.25, 0.3) is 0 Å². The summed E-state index contributed by atoms with van der Waals surface area (Å²) >= 11 is 0. The van der Waals surface area contributed by atoms with Crippen molar-refractivity contribution in [2.75, 3.05) is 11.9 Å². The Hall–Kier alpha value is -2.74. The number of rotatable bonds is 6. The third kappa shape index (κ3) is 3.63. The normalized spacial score (nSPS) is 10.2. The van der Waals surface area contributed by atoms with Gasteiger partial charge >= 0.3 is 11.6 Å². The topological polar surface area (TPSA) is 110 Å². The molecule has 2 aromatic rings. The highest BCUT2D eigenvalue weighted by atomic mass is 16.6. The first-order chi connectivity index (χ1) is 10.1. The zero-order chi connectivity index (χ0) is 15.2. The smallest absolute Gasteiger partial charge is 0.349 e. The van der Waals surface area contributed by atoms with Gasteiger partial charge in [0, 0.05) is 6.54 Å². The highest BCUT2D eigenvalue weighted by Crippen LogP contribution is 2.29. The van der Waals surface area contributed by atoms with Crippen LogP contribution in [0.4, 0.5) is 11.6 Å². The summed E-state index contributed by atoms with van der Waals surface area (Å²) in [5.41, 5.74) is 0.399. The lowest BCUT2D eigenvalue weighted by atomic mass is 10.2. The third-order valence-electron chi connectivity index (χ3n) is 2.59. The van der Waals surface area contributed by atoms with Crippen molar-refractivity contribution in [1.29, 1.82) is 0 Å². The first kappa shape index (κ1) is 14.7. The monoisotopic (exact) mass is 290 g/mol. The van der Waals surface area contributed by atoms with Gasteiger partial charge in [-0.15, -0.1) is 0 Å². The van der Waals surface area contributed by atoms with E-state index in [1.54, 1.807) is 24.3 Å². The summed E-state index contributed by atoms with van der Waals surface area (Å²) in [6.45, 7) is 2.36. The van der Waals surface area contributed by atoms with Crippen molar-refractivity contribution in [1.82, 2.24) is 9.97 Å². The maximum atomic E-state index is 11.0. The van der Waals surface area contributed by atoms with E-state index in [2.05, 4.69) is 15.3 Å². The molecule has 0 saturated heterocycles. The fraction of sp³-hybridized carbons (Fsp3) is 0.231. The minimum absolute atomic E-state index is 0.0848. The average molecular weight is 290 g/mol. The zero-order valence-electron chi connectivity index (χ0n) is 11.3. The maximum absolute atomic E-state index is 11.0. The van der Waals surface area contributed by atoms with Crippen molar-refractivity contribution in [2.45, 2.75) is 13.5 Å². The summed E-state index contributed by atoms with van der Waals surface area (Å²) in [6, 6.07) is 6.52. The van der Waals surface area contributed by atoms with Crippen molar-refractivity contribution in [2.24, 2.45) is 0 Å². The quantitative estimate of drug-likeness (QED) is 0.619. The Morgan fingerprint density at radius 2 is 2.10 bits per heavy atom. The van der Waals surface area contributed by atoms with E-state index < -0.39 is 4.92 Å². The number of nitro groups is 1. The third-order valence-corrected chi connectivity index (χ3v) is 2.59. The van der Waals surface area contributed by atoms with Crippen LogP contribution in [0.2, 0.25) is 0 Å². The molecule has 0 unspecified atom stereocenters. The molecular weight excluding hydrogens is 276 g/mol. The minimum atomic E-state index is -0.604. The van der Waals surface area contributed by atoms with Crippen LogP contribution in [0, 0.1) is 10.1 Å². The Bertz CT molecular complexity index is 631. The summed E-state index contributed by atoms with van der Waals surface area (Å²) in [7, 11) is 0. The van der Waals surface area contributed by atoms with Crippen molar-refractivity contribution < 1.29 is 14.8 Å². The number of benzene rings is 1. The molecule has 1 aromatic carbocycles. The molecule has 8 nitrogen and oxygen atoms in total. The van der Waals surface area contributed by atoms with Crippen molar-refractivity contribution in [3.8, 4) is 11.6 Å². The van der Waals surface area contributed by atoms with Crippen LogP contribution >= 0.6 is 0 Å². The first-order valence-electron chi connectivity index (χ1n) is 6.27. The summed E-state index contributed by atoms with van der Waals surface area (Å²) in [4.78, 5) is 18.2. The van der Waals surface area contributed by atoms with Gasteiger partial charge in [-0.05, 0) is 24.6 Å². The number of hydrogen-bond acceptors (Lipinski definition) is 7. The Labute approximate surface area is 120 Å². The van der Waals surface area contributed by atoms with E-state index >= 15 is 0 Å². The minimum Gasteiger partial charge on any atom is -0.434 e. The van der Waals surface area contributed by atoms with Crippen molar-refractivity contribution >= 4 is 11.6 Å². The summed E-state index contributed by atoms with van der Waals surface area (Å²) in [5, 5.41) is 22.8. The van der Waals surface area contributed by atoms with Crippen molar-refractivity contribution in [3.63, 3.8) is 0 Å². The van der Waals surface area contributed by atoms with E-state index in [9.17, 15) is 10.1 Å². The van der Waals surface area contributed by atoms with E-state index in [1.165, 1.54) is 0 Å². The van der Waals surface area contributed by atoms with Gasteiger partial charge < -0.3 is 15.2 Å². The Morgan fingerprint density at radius 1 is 1.38 bits per heavy atom. The zero-order valence-corrected chi connectivity index (χ0v) is 11.3. The number of hydrogen-bond donors (Lipinski definition) is 2. The first-order valence-corrected chi connectivity index (χ1v) is 6.27. The second kappa shape index (κ2) is 6.62. The molecule has 110 valence electrons. The second-order valence-electron chi connectivity index (χ2n) is 4.08. The van der Waals surface area contributed by atoms with Gasteiger partial charge in [0.05, 0.1) is 11.5 Å². The second-order valence-corrected chi connectivity index (χ2v) is 4.08. The number of nitrogens with zero attached hydrogens (tertiary/aromatic N) is 3. The molecule has 1 aromatic heterocycles. The van der Waals surface area contributed by atoms with E-state index in [0.717, 1.165) is 6.20 Å². The van der Waals surface area contributed by atoms with Crippen LogP contribution in [0.15, 0.2) is 30.5 Å². The van der Waals surface area contributed by atoms with E-state index in [4.69, 9.17) is 9.84 Å². The predicted molar refractivity (Wildman–Crippen MR) is 75.3 cm³/mol. The van der Waals surface area contributed by atoms with Gasteiger partial charge in [0.2, 0.25) is 5.95 Å². The van der Waals surface area contributed by atoms with Gasteiger partial charge in [-0.1, -0.05) is 12.1 Å². The van der Waals surface area contributed by atoms with Crippen LogP contribution in [0.3, 0.4) is 0 Å². The molecule has 0 amide bonds. The largest absolute Gasteiger partial charge is 0.434 e. The predicted octanol–water partition coefficient (Wildman–Crippen LogP) is 2.10. The average Bonchev–Trinajstić information content (AvgIpc) is 2.48. The van der Waals surface area contributed by atoms with Gasteiger partial charge in [-0.2, -0.15) is 4.98 Å². The molecule has 0 spiro atoms. The van der Waals surface area contributed by atoms with Crippen LogP contribution in [0.1, 0.15) is 12.5 Å². The molecule has 0 radical (unpaired) electrons. The van der Waals surface area contributed by atoms with Crippen LogP contribution in [0.25, 0.3) is 0 Å². The Morgan fingerprint density at radius 3 is 2.67 bits per heavy atom. The maximum Gasteiger partial charge on any atom is 0.349 e. The Balaban J connectivity index is 2.30. The van der Waals surface area contributed by atoms with Crippen LogP contribution in [-0.4, -0.2) is 26.5 Å². The summed E-state index contributed by atoms with van der Waals surface area (Å²) in [5.74, 6) is 0.504. The Kier molecular flexibility index (Phi) is 4.62. The molecule has 0 bridgehead atoms. The van der Waals surface area contributed by atoms with E-state index in [1.807, 2.05) is 6.92 Å². The number of nitrogens with one attached hydrogen (secondary N) is 1. The molecule has 2 N–H and O–H groups in total. The van der Waals surface area contributed by atoms with Gasteiger partial charge in [-0.25, -0.2) is 4.98 Å². The molecule has 0 aliphatic carbocycles. The number of anilines is 1. The molecule has 0 fully saturated rings. The number of ether oxygens (including phenoxy) is 1. The number of aliphatic hydroxyl groups is 1. The molecule has 1 heterocycles. The molecule has 0 aliphatic rings. The van der Waals surface area contributed by atoms with Crippen LogP contribution in [-0.2, 0) is 6.61 Å². The number of aliphatic hydroxyl groups excluding tert-OH is 1. The molecule has 2 rings (SSSR count). The number of aromatic nitrogens is 2. The van der Waals surface area contributed by atoms with Gasteiger partial charge in [-0.3, -0.25) is 10.1 Å². The van der Waals surface area contributed by atoms with Gasteiger partial charge in [0.1, 0.15) is 11.9 Å². The highest BCUT2D eigenvalue weighted by molar-refractivity contribution is 5.45. The van der Waals surface area contributed by atoms with Crippen LogP contribution in [0.5, 0.6) is 11.6 Å². The van der Waals surface area contributed by atoms with Gasteiger partial charge in [0.15, 0.2) is 0 Å². The summed E-state index contributed by atoms with van der Waals surface area (Å²) < 4.78 is 5.44. The van der Waals surface area contributed by atoms with Crippen LogP contribution < -0.4 is 10.1 Å². The molecule has 21 heavy (non-hydrogen) atoms. The molecular formula is C13H14N4O4. The van der Waals surface area contributed by atoms with E-state index in [0.29, 0.717) is 17.9 Å².